The van der Waals surface area contributed by atoms with Gasteiger partial charge in [-0.3, -0.25) is 4.68 Å². The molecule has 1 N–H and O–H groups in total. The average molecular weight is 183 g/mol. The molecule has 0 aliphatic heterocycles. The molecule has 4 nitrogen and oxygen atoms in total. The lowest BCUT2D eigenvalue weighted by Crippen LogP contribution is -2.20. The van der Waals surface area contributed by atoms with Crippen molar-refractivity contribution < 1.29 is 5.11 Å². The van der Waals surface area contributed by atoms with E-state index >= 15 is 0 Å². The van der Waals surface area contributed by atoms with Gasteiger partial charge in [-0.1, -0.05) is 0 Å². The van der Waals surface area contributed by atoms with Gasteiger partial charge in [0.2, 0.25) is 0 Å². The summed E-state index contributed by atoms with van der Waals surface area (Å²) in [6, 6.07) is 1.95. The van der Waals surface area contributed by atoms with Crippen molar-refractivity contribution in [2.45, 2.75) is 13.0 Å². The molecule has 1 heterocycles. The summed E-state index contributed by atoms with van der Waals surface area (Å²) in [6.07, 6.45) is 2.47. The third-order valence-corrected chi connectivity index (χ3v) is 1.93. The fourth-order valence-electron chi connectivity index (χ4n) is 1.18. The highest BCUT2D eigenvalue weighted by Gasteiger charge is 2.01. The largest absolute Gasteiger partial charge is 0.396 e. The molecular formula is C9H17N3O. The zero-order valence-corrected chi connectivity index (χ0v) is 8.27. The first-order chi connectivity index (χ1) is 6.24. The SMILES string of the molecule is CN(C)CCn1nccc1CCO. The standard InChI is InChI=1S/C9H17N3O/c1-11(2)6-7-12-9(4-8-13)3-5-10-12/h3,5,13H,4,6-8H2,1-2H3. The summed E-state index contributed by atoms with van der Waals surface area (Å²) in [7, 11) is 4.07. The molecule has 0 atom stereocenters. The van der Waals surface area contributed by atoms with E-state index in [1.165, 1.54) is 0 Å². The van der Waals surface area contributed by atoms with Gasteiger partial charge in [0.1, 0.15) is 0 Å². The van der Waals surface area contributed by atoms with Crippen molar-refractivity contribution in [1.82, 2.24) is 14.7 Å². The molecule has 1 aromatic heterocycles. The first-order valence-corrected chi connectivity index (χ1v) is 4.50. The van der Waals surface area contributed by atoms with E-state index in [0.717, 1.165) is 18.8 Å². The van der Waals surface area contributed by atoms with Gasteiger partial charge in [-0.2, -0.15) is 5.10 Å². The van der Waals surface area contributed by atoms with E-state index in [2.05, 4.69) is 10.00 Å². The van der Waals surface area contributed by atoms with Crippen molar-refractivity contribution in [1.29, 1.82) is 0 Å². The summed E-state index contributed by atoms with van der Waals surface area (Å²) in [5, 5.41) is 13.0. The Hall–Kier alpha value is -0.870. The van der Waals surface area contributed by atoms with Crippen LogP contribution < -0.4 is 0 Å². The van der Waals surface area contributed by atoms with Gasteiger partial charge < -0.3 is 10.0 Å². The smallest absolute Gasteiger partial charge is 0.0539 e. The maximum atomic E-state index is 8.79. The predicted octanol–water partition coefficient (Wildman–Crippen LogP) is -0.0205. The summed E-state index contributed by atoms with van der Waals surface area (Å²) < 4.78 is 1.94. The van der Waals surface area contributed by atoms with Crippen LogP contribution in [-0.2, 0) is 13.0 Å². The van der Waals surface area contributed by atoms with Gasteiger partial charge in [-0.15, -0.1) is 0 Å². The lowest BCUT2D eigenvalue weighted by atomic mass is 10.3. The number of rotatable bonds is 5. The van der Waals surface area contributed by atoms with Crippen LogP contribution in [0.2, 0.25) is 0 Å². The Balaban J connectivity index is 2.49. The molecule has 1 aromatic rings. The molecule has 4 heteroatoms. The quantitative estimate of drug-likeness (QED) is 0.697. The minimum Gasteiger partial charge on any atom is -0.396 e. The van der Waals surface area contributed by atoms with E-state index in [-0.39, 0.29) is 6.61 Å². The maximum absolute atomic E-state index is 8.79. The molecule has 0 saturated carbocycles. The summed E-state index contributed by atoms with van der Waals surface area (Å²) in [6.45, 7) is 2.04. The van der Waals surface area contributed by atoms with Crippen LogP contribution in [0.5, 0.6) is 0 Å². The minimum absolute atomic E-state index is 0.188. The van der Waals surface area contributed by atoms with Crippen LogP contribution >= 0.6 is 0 Å². The second-order valence-electron chi connectivity index (χ2n) is 3.32. The Kier molecular flexibility index (Phi) is 3.92. The Morgan fingerprint density at radius 2 is 2.31 bits per heavy atom. The Labute approximate surface area is 78.8 Å². The van der Waals surface area contributed by atoms with E-state index in [0.29, 0.717) is 6.42 Å². The number of aliphatic hydroxyl groups is 1. The van der Waals surface area contributed by atoms with Crippen LogP contribution in [-0.4, -0.2) is 47.0 Å². The molecule has 13 heavy (non-hydrogen) atoms. The van der Waals surface area contributed by atoms with Crippen LogP contribution in [0.3, 0.4) is 0 Å². The molecule has 0 bridgehead atoms. The second kappa shape index (κ2) is 4.99. The van der Waals surface area contributed by atoms with Crippen molar-refractivity contribution in [3.63, 3.8) is 0 Å². The molecule has 0 saturated heterocycles. The fourth-order valence-corrected chi connectivity index (χ4v) is 1.18. The molecule has 0 fully saturated rings. The average Bonchev–Trinajstić information content (AvgIpc) is 2.49. The number of aliphatic hydroxyl groups excluding tert-OH is 1. The number of hydrogen-bond acceptors (Lipinski definition) is 3. The molecular weight excluding hydrogens is 166 g/mol. The van der Waals surface area contributed by atoms with Gasteiger partial charge >= 0.3 is 0 Å². The van der Waals surface area contributed by atoms with Crippen molar-refractivity contribution in [2.75, 3.05) is 27.2 Å². The topological polar surface area (TPSA) is 41.3 Å². The fraction of sp³-hybridized carbons (Fsp3) is 0.667. The van der Waals surface area contributed by atoms with Gasteiger partial charge in [0.05, 0.1) is 6.54 Å². The number of nitrogens with zero attached hydrogens (tertiary/aromatic N) is 3. The first-order valence-electron chi connectivity index (χ1n) is 4.50. The number of aromatic nitrogens is 2. The summed E-state index contributed by atoms with van der Waals surface area (Å²) in [4.78, 5) is 2.12. The van der Waals surface area contributed by atoms with Crippen LogP contribution in [0.15, 0.2) is 12.3 Å². The van der Waals surface area contributed by atoms with Gasteiger partial charge in [-0.05, 0) is 20.2 Å². The highest BCUT2D eigenvalue weighted by molar-refractivity contribution is 5.00. The monoisotopic (exact) mass is 183 g/mol. The van der Waals surface area contributed by atoms with E-state index in [4.69, 9.17) is 5.11 Å². The molecule has 1 rings (SSSR count). The van der Waals surface area contributed by atoms with E-state index in [9.17, 15) is 0 Å². The second-order valence-corrected chi connectivity index (χ2v) is 3.32. The highest BCUT2D eigenvalue weighted by Crippen LogP contribution is 1.99. The predicted molar refractivity (Wildman–Crippen MR) is 51.6 cm³/mol. The zero-order valence-electron chi connectivity index (χ0n) is 8.27. The van der Waals surface area contributed by atoms with Crippen molar-refractivity contribution in [3.8, 4) is 0 Å². The summed E-state index contributed by atoms with van der Waals surface area (Å²) >= 11 is 0. The highest BCUT2D eigenvalue weighted by atomic mass is 16.3. The van der Waals surface area contributed by atoms with E-state index in [1.54, 1.807) is 6.20 Å². The van der Waals surface area contributed by atoms with Crippen LogP contribution in [0, 0.1) is 0 Å². The number of likely N-dealkylation sites (N-methyl/N-ethyl adjacent to an activating group) is 1. The molecule has 0 aliphatic carbocycles. The Morgan fingerprint density at radius 1 is 1.54 bits per heavy atom. The Morgan fingerprint density at radius 3 is 2.92 bits per heavy atom. The van der Waals surface area contributed by atoms with E-state index < -0.39 is 0 Å². The van der Waals surface area contributed by atoms with Gasteiger partial charge in [0.25, 0.3) is 0 Å². The van der Waals surface area contributed by atoms with Crippen molar-refractivity contribution in [3.05, 3.63) is 18.0 Å². The maximum Gasteiger partial charge on any atom is 0.0539 e. The molecule has 0 aliphatic rings. The van der Waals surface area contributed by atoms with Gasteiger partial charge in [0, 0.05) is 31.5 Å². The molecule has 0 spiro atoms. The molecule has 74 valence electrons. The van der Waals surface area contributed by atoms with Gasteiger partial charge in [-0.25, -0.2) is 0 Å². The van der Waals surface area contributed by atoms with Gasteiger partial charge in [0.15, 0.2) is 0 Å². The minimum atomic E-state index is 0.188. The van der Waals surface area contributed by atoms with Crippen LogP contribution in [0.4, 0.5) is 0 Å². The third-order valence-electron chi connectivity index (χ3n) is 1.93. The van der Waals surface area contributed by atoms with Crippen molar-refractivity contribution >= 4 is 0 Å². The van der Waals surface area contributed by atoms with Crippen LogP contribution in [0.25, 0.3) is 0 Å². The molecule has 0 amide bonds. The normalized spacial score (nSPS) is 11.1. The number of hydrogen-bond donors (Lipinski definition) is 1. The van der Waals surface area contributed by atoms with Crippen LogP contribution in [0.1, 0.15) is 5.69 Å². The Bertz CT molecular complexity index is 245. The molecule has 0 radical (unpaired) electrons. The zero-order chi connectivity index (χ0) is 9.68. The lowest BCUT2D eigenvalue weighted by molar-refractivity contribution is 0.293. The summed E-state index contributed by atoms with van der Waals surface area (Å²) in [5.41, 5.74) is 1.10. The lowest BCUT2D eigenvalue weighted by Gasteiger charge is -2.11. The summed E-state index contributed by atoms with van der Waals surface area (Å²) in [5.74, 6) is 0. The molecule has 0 aromatic carbocycles. The molecule has 0 unspecified atom stereocenters. The van der Waals surface area contributed by atoms with E-state index in [1.807, 2.05) is 24.8 Å². The first kappa shape index (κ1) is 10.2. The van der Waals surface area contributed by atoms with Crippen molar-refractivity contribution in [2.24, 2.45) is 0 Å². The third kappa shape index (κ3) is 3.16.